The van der Waals surface area contributed by atoms with E-state index in [9.17, 15) is 9.90 Å². The van der Waals surface area contributed by atoms with Gasteiger partial charge in [-0.3, -0.25) is 9.78 Å². The molecule has 1 N–H and O–H groups in total. The van der Waals surface area contributed by atoms with Crippen LogP contribution in [0.1, 0.15) is 13.8 Å². The van der Waals surface area contributed by atoms with Gasteiger partial charge in [-0.25, -0.2) is 4.98 Å². The molecule has 0 atom stereocenters. The van der Waals surface area contributed by atoms with E-state index in [1.165, 1.54) is 11.8 Å². The van der Waals surface area contributed by atoms with Gasteiger partial charge >= 0.3 is 5.97 Å². The molecule has 0 aliphatic heterocycles. The van der Waals surface area contributed by atoms with E-state index in [1.54, 1.807) is 33.4 Å². The average Bonchev–Trinajstić information content (AvgIpc) is 2.61. The molecular formula is C19H18N2O3S. The zero-order chi connectivity index (χ0) is 18.0. The number of carboxylic acids is 1. The summed E-state index contributed by atoms with van der Waals surface area (Å²) in [4.78, 5) is 20.9. The number of hydrogen-bond acceptors (Lipinski definition) is 5. The van der Waals surface area contributed by atoms with Crippen LogP contribution in [0.2, 0.25) is 0 Å². The zero-order valence-corrected chi connectivity index (χ0v) is 15.0. The Balaban J connectivity index is 2.09. The lowest BCUT2D eigenvalue weighted by molar-refractivity contribution is -0.138. The maximum absolute atomic E-state index is 11.5. The van der Waals surface area contributed by atoms with Gasteiger partial charge < -0.3 is 9.84 Å². The van der Waals surface area contributed by atoms with Gasteiger partial charge in [0.1, 0.15) is 4.75 Å². The highest BCUT2D eigenvalue weighted by Gasteiger charge is 2.29. The Morgan fingerprint density at radius 3 is 2.52 bits per heavy atom. The molecule has 6 heteroatoms. The Morgan fingerprint density at radius 2 is 1.80 bits per heavy atom. The van der Waals surface area contributed by atoms with E-state index in [2.05, 4.69) is 9.97 Å². The summed E-state index contributed by atoms with van der Waals surface area (Å²) in [6, 6.07) is 11.6. The topological polar surface area (TPSA) is 72.3 Å². The second-order valence-corrected chi connectivity index (χ2v) is 7.71. The van der Waals surface area contributed by atoms with Gasteiger partial charge in [-0.2, -0.15) is 0 Å². The minimum Gasteiger partial charge on any atom is -0.481 e. The summed E-state index contributed by atoms with van der Waals surface area (Å²) in [5.41, 5.74) is 2.80. The van der Waals surface area contributed by atoms with Crippen molar-refractivity contribution in [1.29, 1.82) is 0 Å². The molecule has 3 rings (SSSR count). The second kappa shape index (κ2) is 6.72. The van der Waals surface area contributed by atoms with Gasteiger partial charge in [0.05, 0.1) is 12.6 Å². The quantitative estimate of drug-likeness (QED) is 0.690. The number of nitrogens with zero attached hydrogens (tertiary/aromatic N) is 2. The van der Waals surface area contributed by atoms with Crippen LogP contribution >= 0.6 is 11.8 Å². The van der Waals surface area contributed by atoms with Crippen LogP contribution in [0, 0.1) is 0 Å². The average molecular weight is 354 g/mol. The SMILES string of the molecule is COc1cc(-c2ccc3nccc(SC(C)(C)C(=O)O)c3c2)ccn1. The molecule has 2 aromatic heterocycles. The summed E-state index contributed by atoms with van der Waals surface area (Å²) >= 11 is 1.32. The molecule has 0 aliphatic rings. The summed E-state index contributed by atoms with van der Waals surface area (Å²) in [6.45, 7) is 3.40. The van der Waals surface area contributed by atoms with Crippen molar-refractivity contribution in [3.8, 4) is 17.0 Å². The fourth-order valence-electron chi connectivity index (χ4n) is 2.41. The van der Waals surface area contributed by atoms with Crippen molar-refractivity contribution in [2.24, 2.45) is 0 Å². The van der Waals surface area contributed by atoms with Crippen LogP contribution < -0.4 is 4.74 Å². The maximum atomic E-state index is 11.5. The highest BCUT2D eigenvalue weighted by Crippen LogP contribution is 2.38. The molecule has 0 saturated carbocycles. The number of carbonyl (C=O) groups is 1. The molecular weight excluding hydrogens is 336 g/mol. The minimum absolute atomic E-state index is 0.547. The molecule has 0 radical (unpaired) electrons. The van der Waals surface area contributed by atoms with E-state index in [4.69, 9.17) is 4.74 Å². The largest absolute Gasteiger partial charge is 0.481 e. The second-order valence-electron chi connectivity index (χ2n) is 6.05. The van der Waals surface area contributed by atoms with Crippen LogP contribution in [0.3, 0.4) is 0 Å². The first-order valence-electron chi connectivity index (χ1n) is 7.72. The lowest BCUT2D eigenvalue weighted by Crippen LogP contribution is -2.26. The normalized spacial score (nSPS) is 11.5. The van der Waals surface area contributed by atoms with E-state index in [-0.39, 0.29) is 0 Å². The highest BCUT2D eigenvalue weighted by molar-refractivity contribution is 8.01. The molecule has 5 nitrogen and oxygen atoms in total. The van der Waals surface area contributed by atoms with E-state index in [0.29, 0.717) is 5.88 Å². The molecule has 3 aromatic rings. The molecule has 0 unspecified atom stereocenters. The third-order valence-corrected chi connectivity index (χ3v) is 5.12. The molecule has 1 aromatic carbocycles. The number of methoxy groups -OCH3 is 1. The number of pyridine rings is 2. The van der Waals surface area contributed by atoms with Gasteiger partial charge in [0.15, 0.2) is 0 Å². The molecule has 0 amide bonds. The van der Waals surface area contributed by atoms with Crippen molar-refractivity contribution in [2.45, 2.75) is 23.5 Å². The predicted molar refractivity (Wildman–Crippen MR) is 99.1 cm³/mol. The lowest BCUT2D eigenvalue weighted by atomic mass is 10.0. The van der Waals surface area contributed by atoms with Gasteiger partial charge in [0.25, 0.3) is 0 Å². The van der Waals surface area contributed by atoms with Crippen molar-refractivity contribution in [3.63, 3.8) is 0 Å². The van der Waals surface area contributed by atoms with Crippen molar-refractivity contribution in [2.75, 3.05) is 7.11 Å². The van der Waals surface area contributed by atoms with Gasteiger partial charge in [-0.05, 0) is 49.2 Å². The number of thioether (sulfide) groups is 1. The van der Waals surface area contributed by atoms with Crippen LogP contribution in [0.25, 0.3) is 22.0 Å². The molecule has 0 saturated heterocycles. The minimum atomic E-state index is -0.926. The summed E-state index contributed by atoms with van der Waals surface area (Å²) in [7, 11) is 1.58. The Hall–Kier alpha value is -2.60. The lowest BCUT2D eigenvalue weighted by Gasteiger charge is -2.19. The Kier molecular flexibility index (Phi) is 4.63. The van der Waals surface area contributed by atoms with Crippen LogP contribution in [-0.2, 0) is 4.79 Å². The first-order valence-corrected chi connectivity index (χ1v) is 8.54. The van der Waals surface area contributed by atoms with E-state index >= 15 is 0 Å². The Labute approximate surface area is 150 Å². The molecule has 2 heterocycles. The summed E-state index contributed by atoms with van der Waals surface area (Å²) < 4.78 is 4.26. The number of hydrogen-bond donors (Lipinski definition) is 1. The number of rotatable bonds is 5. The van der Waals surface area contributed by atoms with Gasteiger partial charge in [-0.15, -0.1) is 11.8 Å². The predicted octanol–water partition coefficient (Wildman–Crippen LogP) is 4.26. The maximum Gasteiger partial charge on any atom is 0.319 e. The van der Waals surface area contributed by atoms with Crippen molar-refractivity contribution < 1.29 is 14.6 Å². The van der Waals surface area contributed by atoms with Gasteiger partial charge in [0, 0.05) is 28.7 Å². The van der Waals surface area contributed by atoms with Crippen LogP contribution in [0.5, 0.6) is 5.88 Å². The van der Waals surface area contributed by atoms with E-state index in [0.717, 1.165) is 26.9 Å². The molecule has 0 aliphatic carbocycles. The smallest absolute Gasteiger partial charge is 0.319 e. The number of fused-ring (bicyclic) bond motifs is 1. The summed E-state index contributed by atoms with van der Waals surface area (Å²) in [6.07, 6.45) is 3.41. The molecule has 25 heavy (non-hydrogen) atoms. The molecule has 0 bridgehead atoms. The number of aromatic nitrogens is 2. The van der Waals surface area contributed by atoms with Crippen molar-refractivity contribution >= 4 is 28.6 Å². The number of ether oxygens (including phenoxy) is 1. The third kappa shape index (κ3) is 3.58. The molecule has 0 spiro atoms. The van der Waals surface area contributed by atoms with Crippen LogP contribution in [0.4, 0.5) is 0 Å². The van der Waals surface area contributed by atoms with E-state index < -0.39 is 10.7 Å². The Bertz CT molecular complexity index is 941. The molecule has 0 fully saturated rings. The summed E-state index contributed by atoms with van der Waals surface area (Å²) in [5, 5.41) is 10.3. The first-order chi connectivity index (χ1) is 11.9. The van der Waals surface area contributed by atoms with Crippen molar-refractivity contribution in [1.82, 2.24) is 9.97 Å². The number of carboxylic acid groups (broad SMARTS) is 1. The third-order valence-electron chi connectivity index (χ3n) is 3.86. The standard InChI is InChI=1S/C19H18N2O3S/c1-19(2,18(22)23)25-16-7-9-20-15-5-4-12(10-14(15)16)13-6-8-21-17(11-13)24-3/h4-11H,1-3H3,(H,22,23). The fraction of sp³-hybridized carbons (Fsp3) is 0.211. The van der Waals surface area contributed by atoms with Crippen molar-refractivity contribution in [3.05, 3.63) is 48.8 Å². The number of benzene rings is 1. The van der Waals surface area contributed by atoms with Crippen LogP contribution in [-0.4, -0.2) is 32.9 Å². The fourth-order valence-corrected chi connectivity index (χ4v) is 3.45. The summed E-state index contributed by atoms with van der Waals surface area (Å²) in [5.74, 6) is -0.303. The van der Waals surface area contributed by atoms with E-state index in [1.807, 2.05) is 36.4 Å². The van der Waals surface area contributed by atoms with Gasteiger partial charge in [-0.1, -0.05) is 6.07 Å². The molecule has 128 valence electrons. The highest BCUT2D eigenvalue weighted by atomic mass is 32.2. The monoisotopic (exact) mass is 354 g/mol. The Morgan fingerprint density at radius 1 is 1.08 bits per heavy atom. The van der Waals surface area contributed by atoms with Crippen LogP contribution in [0.15, 0.2) is 53.7 Å². The number of aliphatic carboxylic acids is 1. The first kappa shape index (κ1) is 17.2. The zero-order valence-electron chi connectivity index (χ0n) is 14.2. The van der Waals surface area contributed by atoms with Gasteiger partial charge in [0.2, 0.25) is 5.88 Å².